The Hall–Kier alpha value is -4.85. The predicted molar refractivity (Wildman–Crippen MR) is 151 cm³/mol. The van der Waals surface area contributed by atoms with Crippen LogP contribution in [0.1, 0.15) is 55.4 Å². The van der Waals surface area contributed by atoms with Crippen LogP contribution in [0, 0.1) is 0 Å². The lowest BCUT2D eigenvalue weighted by Crippen LogP contribution is -2.29. The molecule has 0 bridgehead atoms. The van der Waals surface area contributed by atoms with E-state index < -0.39 is 24.0 Å². The van der Waals surface area contributed by atoms with Gasteiger partial charge in [0.2, 0.25) is 0 Å². The molecule has 0 N–H and O–H groups in total. The zero-order chi connectivity index (χ0) is 29.1. The van der Waals surface area contributed by atoms with E-state index in [9.17, 15) is 14.4 Å². The third-order valence-corrected chi connectivity index (χ3v) is 7.07. The maximum Gasteiger partial charge on any atom is 0.313 e. The van der Waals surface area contributed by atoms with Gasteiger partial charge in [0.25, 0.3) is 0 Å². The average molecular weight is 555 g/mol. The molecule has 4 aromatic rings. The predicted octanol–water partition coefficient (Wildman–Crippen LogP) is 6.26. The summed E-state index contributed by atoms with van der Waals surface area (Å²) < 4.78 is 28.0. The molecule has 4 aromatic carbocycles. The van der Waals surface area contributed by atoms with Crippen molar-refractivity contribution in [3.05, 3.63) is 95.6 Å². The van der Waals surface area contributed by atoms with Crippen molar-refractivity contribution in [2.24, 2.45) is 0 Å². The molecular formula is C33H30O8. The number of rotatable bonds is 7. The molecule has 0 aromatic heterocycles. The van der Waals surface area contributed by atoms with Crippen molar-refractivity contribution in [2.75, 3.05) is 13.7 Å². The first kappa shape index (κ1) is 27.7. The molecule has 0 saturated carbocycles. The van der Waals surface area contributed by atoms with Gasteiger partial charge in [-0.3, -0.25) is 14.4 Å². The monoisotopic (exact) mass is 554 g/mol. The van der Waals surface area contributed by atoms with E-state index in [1.165, 1.54) is 13.8 Å². The number of carbonyl (C=O) groups excluding carboxylic acids is 3. The quantitative estimate of drug-likeness (QED) is 0.195. The summed E-state index contributed by atoms with van der Waals surface area (Å²) in [6.45, 7) is 4.70. The van der Waals surface area contributed by atoms with E-state index in [4.69, 9.17) is 23.7 Å². The maximum absolute atomic E-state index is 13.6. The number of fused-ring (bicyclic) bond motifs is 2. The fourth-order valence-corrected chi connectivity index (χ4v) is 4.96. The van der Waals surface area contributed by atoms with Crippen molar-refractivity contribution in [3.63, 3.8) is 0 Å². The van der Waals surface area contributed by atoms with Crippen molar-refractivity contribution >= 4 is 28.7 Å². The van der Waals surface area contributed by atoms with Crippen molar-refractivity contribution in [3.8, 4) is 23.0 Å². The summed E-state index contributed by atoms with van der Waals surface area (Å²) in [7, 11) is 1.63. The number of carbonyl (C=O) groups is 3. The molecule has 0 spiro atoms. The lowest BCUT2D eigenvalue weighted by atomic mass is 9.87. The molecule has 0 radical (unpaired) electrons. The molecule has 1 aliphatic heterocycles. The van der Waals surface area contributed by atoms with Gasteiger partial charge in [0.1, 0.15) is 29.1 Å². The van der Waals surface area contributed by atoms with Gasteiger partial charge >= 0.3 is 17.9 Å². The van der Waals surface area contributed by atoms with Crippen molar-refractivity contribution in [1.29, 1.82) is 0 Å². The highest BCUT2D eigenvalue weighted by Crippen LogP contribution is 2.45. The first-order valence-corrected chi connectivity index (χ1v) is 13.2. The number of benzene rings is 4. The van der Waals surface area contributed by atoms with Gasteiger partial charge in [-0.2, -0.15) is 0 Å². The Labute approximate surface area is 237 Å². The van der Waals surface area contributed by atoms with E-state index in [1.54, 1.807) is 37.4 Å². The van der Waals surface area contributed by atoms with Crippen LogP contribution in [0.15, 0.2) is 78.9 Å². The van der Waals surface area contributed by atoms with E-state index in [0.29, 0.717) is 22.8 Å². The molecule has 1 heterocycles. The summed E-state index contributed by atoms with van der Waals surface area (Å²) in [5.74, 6) is -0.134. The molecule has 0 fully saturated rings. The molecular weight excluding hydrogens is 524 g/mol. The molecule has 8 nitrogen and oxygen atoms in total. The van der Waals surface area contributed by atoms with Gasteiger partial charge < -0.3 is 23.7 Å². The Morgan fingerprint density at radius 2 is 1.41 bits per heavy atom. The van der Waals surface area contributed by atoms with Gasteiger partial charge in [-0.1, -0.05) is 36.4 Å². The molecule has 2 unspecified atom stereocenters. The van der Waals surface area contributed by atoms with Gasteiger partial charge in [0.05, 0.1) is 25.6 Å². The molecule has 0 amide bonds. The Bertz CT molecular complexity index is 1610. The minimum absolute atomic E-state index is 0.216. The van der Waals surface area contributed by atoms with Gasteiger partial charge in [-0.05, 0) is 65.2 Å². The highest BCUT2D eigenvalue weighted by Gasteiger charge is 2.36. The lowest BCUT2D eigenvalue weighted by Gasteiger charge is -2.34. The molecule has 3 atom stereocenters. The van der Waals surface area contributed by atoms with Crippen LogP contribution in [0.5, 0.6) is 23.0 Å². The molecule has 1 aliphatic rings. The maximum atomic E-state index is 13.6. The Morgan fingerprint density at radius 1 is 0.780 bits per heavy atom. The third kappa shape index (κ3) is 6.17. The molecule has 0 saturated heterocycles. The minimum Gasteiger partial charge on any atom is -0.497 e. The van der Waals surface area contributed by atoms with Gasteiger partial charge in [0.15, 0.2) is 0 Å². The van der Waals surface area contributed by atoms with Crippen LogP contribution in [0.3, 0.4) is 0 Å². The van der Waals surface area contributed by atoms with Crippen LogP contribution in [-0.2, 0) is 19.1 Å². The lowest BCUT2D eigenvalue weighted by molar-refractivity contribution is -0.153. The summed E-state index contributed by atoms with van der Waals surface area (Å²) in [6.07, 6.45) is -0.677. The van der Waals surface area contributed by atoms with E-state index in [-0.39, 0.29) is 18.5 Å². The molecule has 5 rings (SSSR count). The highest BCUT2D eigenvalue weighted by atomic mass is 16.6. The Balaban J connectivity index is 1.45. The summed E-state index contributed by atoms with van der Waals surface area (Å²) in [5.41, 5.74) is 2.33. The summed E-state index contributed by atoms with van der Waals surface area (Å²) in [4.78, 5) is 36.4. The Morgan fingerprint density at radius 3 is 2.12 bits per heavy atom. The van der Waals surface area contributed by atoms with E-state index in [0.717, 1.165) is 27.6 Å². The zero-order valence-electron chi connectivity index (χ0n) is 23.2. The second kappa shape index (κ2) is 11.7. The molecule has 210 valence electrons. The van der Waals surface area contributed by atoms with Gasteiger partial charge in [0, 0.05) is 25.5 Å². The standard InChI is InChI=1S/C33H30O8/c1-19(23-5-6-25-16-27(37-4)12-9-24(25)15-23)33(36)41-32-29-14-13-28(40-21(3)35)17-31(29)38-18-30(32)22-7-10-26(11-8-22)39-20(2)34/h5-17,19,30,32H,18H2,1-4H3/t19-,30?,32?/m0/s1. The third-order valence-electron chi connectivity index (χ3n) is 7.07. The zero-order valence-corrected chi connectivity index (χ0v) is 23.2. The smallest absolute Gasteiger partial charge is 0.313 e. The second-order valence-corrected chi connectivity index (χ2v) is 9.93. The number of hydrogen-bond acceptors (Lipinski definition) is 8. The molecule has 8 heteroatoms. The fourth-order valence-electron chi connectivity index (χ4n) is 4.96. The van der Waals surface area contributed by atoms with Crippen LogP contribution < -0.4 is 18.9 Å². The van der Waals surface area contributed by atoms with Gasteiger partial charge in [-0.15, -0.1) is 0 Å². The van der Waals surface area contributed by atoms with E-state index in [2.05, 4.69) is 0 Å². The van der Waals surface area contributed by atoms with E-state index in [1.807, 2.05) is 55.5 Å². The van der Waals surface area contributed by atoms with Crippen LogP contribution >= 0.6 is 0 Å². The number of esters is 3. The first-order chi connectivity index (χ1) is 19.7. The van der Waals surface area contributed by atoms with Crippen LogP contribution in [0.25, 0.3) is 10.8 Å². The van der Waals surface area contributed by atoms with E-state index >= 15 is 0 Å². The number of hydrogen-bond donors (Lipinski definition) is 0. The number of methoxy groups -OCH3 is 1. The van der Waals surface area contributed by atoms with Crippen LogP contribution in [-0.4, -0.2) is 31.6 Å². The van der Waals surface area contributed by atoms with Crippen molar-refractivity contribution in [1.82, 2.24) is 0 Å². The number of ether oxygens (including phenoxy) is 5. The van der Waals surface area contributed by atoms with Crippen molar-refractivity contribution < 1.29 is 38.1 Å². The SMILES string of the molecule is COc1ccc2cc([C@H](C)C(=O)OC3c4ccc(OC(C)=O)cc4OCC3c3ccc(OC(C)=O)cc3)ccc2c1. The van der Waals surface area contributed by atoms with Crippen LogP contribution in [0.4, 0.5) is 0 Å². The summed E-state index contributed by atoms with van der Waals surface area (Å²) in [6, 6.07) is 23.7. The fraction of sp³-hybridized carbons (Fsp3) is 0.242. The summed E-state index contributed by atoms with van der Waals surface area (Å²) in [5, 5.41) is 2.00. The largest absolute Gasteiger partial charge is 0.497 e. The summed E-state index contributed by atoms with van der Waals surface area (Å²) >= 11 is 0. The van der Waals surface area contributed by atoms with Crippen LogP contribution in [0.2, 0.25) is 0 Å². The highest BCUT2D eigenvalue weighted by molar-refractivity contribution is 5.87. The topological polar surface area (TPSA) is 97.4 Å². The molecule has 41 heavy (non-hydrogen) atoms. The average Bonchev–Trinajstić information content (AvgIpc) is 2.96. The Kier molecular flexibility index (Phi) is 7.92. The van der Waals surface area contributed by atoms with Gasteiger partial charge in [-0.25, -0.2) is 0 Å². The minimum atomic E-state index is -0.677. The second-order valence-electron chi connectivity index (χ2n) is 9.93. The molecule has 0 aliphatic carbocycles. The normalized spacial score (nSPS) is 16.6. The first-order valence-electron chi connectivity index (χ1n) is 13.2. The van der Waals surface area contributed by atoms with Crippen molar-refractivity contribution in [2.45, 2.75) is 38.7 Å².